The molecule has 0 saturated carbocycles. The third kappa shape index (κ3) is 2.75. The molecule has 1 aromatic heterocycles. The van der Waals surface area contributed by atoms with Crippen LogP contribution in [-0.2, 0) is 0 Å². The average molecular weight is 230 g/mol. The minimum absolute atomic E-state index is 0.606. The lowest BCUT2D eigenvalue weighted by molar-refractivity contribution is 0.209. The minimum atomic E-state index is 0.606. The molecule has 0 bridgehead atoms. The molecule has 2 heterocycles. The topological polar surface area (TPSA) is 23.7 Å². The summed E-state index contributed by atoms with van der Waals surface area (Å²) < 4.78 is 0. The number of nitrogens with zero attached hydrogens (tertiary/aromatic N) is 4. The molecule has 2 rings (SSSR count). The summed E-state index contributed by atoms with van der Waals surface area (Å²) in [6.45, 7) is 15.6. The molecule has 1 fully saturated rings. The van der Waals surface area contributed by atoms with E-state index in [-0.39, 0.29) is 0 Å². The van der Waals surface area contributed by atoms with Crippen molar-refractivity contribution in [2.24, 2.45) is 0 Å². The first kappa shape index (κ1) is 11.9. The number of hydrogen-bond donors (Lipinski definition) is 0. The highest BCUT2D eigenvalue weighted by Gasteiger charge is 2.19. The molecule has 0 atom stereocenters. The lowest BCUT2D eigenvalue weighted by Gasteiger charge is -2.37. The molecular formula is C13H18N4. The summed E-state index contributed by atoms with van der Waals surface area (Å²) in [7, 11) is 0. The summed E-state index contributed by atoms with van der Waals surface area (Å²) in [6.07, 6.45) is 1.65. The fraction of sp³-hybridized carbons (Fsp3) is 0.538. The number of aromatic nitrogens is 1. The van der Waals surface area contributed by atoms with Crippen molar-refractivity contribution in [2.45, 2.75) is 19.9 Å². The Labute approximate surface area is 103 Å². The summed E-state index contributed by atoms with van der Waals surface area (Å²) >= 11 is 0. The van der Waals surface area contributed by atoms with Crippen molar-refractivity contribution in [3.8, 4) is 0 Å². The molecule has 0 radical (unpaired) electrons. The van der Waals surface area contributed by atoms with Gasteiger partial charge in [0.05, 0.1) is 6.57 Å². The van der Waals surface area contributed by atoms with Gasteiger partial charge in [0.15, 0.2) is 0 Å². The standard InChI is InChI=1S/C13H18N4/c1-11(2)16-6-8-17(9-7-16)13-5-4-12(14-3)10-15-13/h4-5,10-11H,6-9H2,1-2H3. The smallest absolute Gasteiger partial charge is 0.205 e. The van der Waals surface area contributed by atoms with Crippen molar-refractivity contribution in [2.75, 3.05) is 31.1 Å². The first-order valence-corrected chi connectivity index (χ1v) is 6.03. The van der Waals surface area contributed by atoms with Gasteiger partial charge in [-0.2, -0.15) is 0 Å². The Bertz CT molecular complexity index is 396. The van der Waals surface area contributed by atoms with E-state index in [1.807, 2.05) is 12.1 Å². The van der Waals surface area contributed by atoms with Crippen LogP contribution in [0, 0.1) is 6.57 Å². The van der Waals surface area contributed by atoms with Crippen molar-refractivity contribution in [3.05, 3.63) is 29.7 Å². The molecule has 0 unspecified atom stereocenters. The van der Waals surface area contributed by atoms with E-state index in [9.17, 15) is 0 Å². The van der Waals surface area contributed by atoms with Crippen molar-refractivity contribution >= 4 is 11.5 Å². The monoisotopic (exact) mass is 230 g/mol. The summed E-state index contributed by atoms with van der Waals surface area (Å²) in [4.78, 5) is 12.5. The van der Waals surface area contributed by atoms with Crippen LogP contribution in [0.4, 0.5) is 11.5 Å². The largest absolute Gasteiger partial charge is 0.354 e. The van der Waals surface area contributed by atoms with Crippen LogP contribution in [0.5, 0.6) is 0 Å². The second-order valence-corrected chi connectivity index (χ2v) is 4.60. The Morgan fingerprint density at radius 3 is 2.41 bits per heavy atom. The third-order valence-electron chi connectivity index (χ3n) is 3.23. The number of pyridine rings is 1. The van der Waals surface area contributed by atoms with Gasteiger partial charge < -0.3 is 4.90 Å². The maximum absolute atomic E-state index is 6.90. The first-order chi connectivity index (χ1) is 8.20. The lowest BCUT2D eigenvalue weighted by Crippen LogP contribution is -2.49. The van der Waals surface area contributed by atoms with Gasteiger partial charge in [0.2, 0.25) is 5.69 Å². The van der Waals surface area contributed by atoms with E-state index >= 15 is 0 Å². The van der Waals surface area contributed by atoms with Gasteiger partial charge in [0, 0.05) is 38.4 Å². The number of rotatable bonds is 2. The summed E-state index contributed by atoms with van der Waals surface area (Å²) in [5, 5.41) is 0. The van der Waals surface area contributed by atoms with Crippen LogP contribution in [0.1, 0.15) is 13.8 Å². The minimum Gasteiger partial charge on any atom is -0.354 e. The van der Waals surface area contributed by atoms with E-state index in [4.69, 9.17) is 6.57 Å². The van der Waals surface area contributed by atoms with Crippen molar-refractivity contribution < 1.29 is 0 Å². The zero-order chi connectivity index (χ0) is 12.3. The maximum Gasteiger partial charge on any atom is 0.205 e. The van der Waals surface area contributed by atoms with Crippen LogP contribution in [0.25, 0.3) is 4.85 Å². The number of hydrogen-bond acceptors (Lipinski definition) is 3. The molecule has 0 aliphatic carbocycles. The van der Waals surface area contributed by atoms with Crippen LogP contribution in [0.15, 0.2) is 18.3 Å². The maximum atomic E-state index is 6.90. The molecule has 0 amide bonds. The summed E-state index contributed by atoms with van der Waals surface area (Å²) in [5.74, 6) is 0.987. The van der Waals surface area contributed by atoms with Crippen molar-refractivity contribution in [1.82, 2.24) is 9.88 Å². The molecule has 1 aliphatic rings. The second kappa shape index (κ2) is 5.15. The predicted octanol–water partition coefficient (Wildman–Crippen LogP) is 2.16. The zero-order valence-corrected chi connectivity index (χ0v) is 10.4. The Morgan fingerprint density at radius 2 is 1.94 bits per heavy atom. The second-order valence-electron chi connectivity index (χ2n) is 4.60. The molecule has 0 aromatic carbocycles. The highest BCUT2D eigenvalue weighted by molar-refractivity contribution is 5.49. The molecule has 4 nitrogen and oxygen atoms in total. The molecule has 1 saturated heterocycles. The predicted molar refractivity (Wildman–Crippen MR) is 69.4 cm³/mol. The third-order valence-corrected chi connectivity index (χ3v) is 3.23. The summed E-state index contributed by atoms with van der Waals surface area (Å²) in [5.41, 5.74) is 0.606. The molecular weight excluding hydrogens is 212 g/mol. The first-order valence-electron chi connectivity index (χ1n) is 6.03. The van der Waals surface area contributed by atoms with Gasteiger partial charge in [0.1, 0.15) is 5.82 Å². The fourth-order valence-electron chi connectivity index (χ4n) is 2.10. The molecule has 1 aliphatic heterocycles. The van der Waals surface area contributed by atoms with Crippen LogP contribution >= 0.6 is 0 Å². The van der Waals surface area contributed by atoms with Gasteiger partial charge in [-0.25, -0.2) is 4.85 Å². The quantitative estimate of drug-likeness (QED) is 0.727. The molecule has 90 valence electrons. The van der Waals surface area contributed by atoms with Gasteiger partial charge in [-0.05, 0) is 19.9 Å². The Kier molecular flexibility index (Phi) is 3.60. The van der Waals surface area contributed by atoms with Crippen molar-refractivity contribution in [1.29, 1.82) is 0 Å². The van der Waals surface area contributed by atoms with Gasteiger partial charge in [-0.3, -0.25) is 9.88 Å². The van der Waals surface area contributed by atoms with Crippen LogP contribution in [0.3, 0.4) is 0 Å². The van der Waals surface area contributed by atoms with E-state index < -0.39 is 0 Å². The molecule has 0 N–H and O–H groups in total. The van der Waals surface area contributed by atoms with Crippen molar-refractivity contribution in [3.63, 3.8) is 0 Å². The molecule has 1 aromatic rings. The highest BCUT2D eigenvalue weighted by Crippen LogP contribution is 2.18. The van der Waals surface area contributed by atoms with Crippen LogP contribution < -0.4 is 4.90 Å². The van der Waals surface area contributed by atoms with Gasteiger partial charge in [-0.15, -0.1) is 0 Å². The lowest BCUT2D eigenvalue weighted by atomic mass is 10.2. The molecule has 0 spiro atoms. The Hall–Kier alpha value is -1.60. The average Bonchev–Trinajstić information content (AvgIpc) is 2.39. The SMILES string of the molecule is [C-]#[N+]c1ccc(N2CCN(C(C)C)CC2)nc1. The van der Waals surface area contributed by atoms with E-state index in [2.05, 4.69) is 33.5 Å². The van der Waals surface area contributed by atoms with Gasteiger partial charge in [0.25, 0.3) is 0 Å². The molecule has 17 heavy (non-hydrogen) atoms. The van der Waals surface area contributed by atoms with Crippen LogP contribution in [-0.4, -0.2) is 42.1 Å². The number of piperazine rings is 1. The van der Waals surface area contributed by atoms with E-state index in [1.165, 1.54) is 0 Å². The number of anilines is 1. The highest BCUT2D eigenvalue weighted by atomic mass is 15.3. The Morgan fingerprint density at radius 1 is 1.24 bits per heavy atom. The Balaban J connectivity index is 1.98. The van der Waals surface area contributed by atoms with Gasteiger partial charge >= 0.3 is 0 Å². The van der Waals surface area contributed by atoms with E-state index in [0.717, 1.165) is 32.0 Å². The normalized spacial score (nSPS) is 17.2. The summed E-state index contributed by atoms with van der Waals surface area (Å²) in [6, 6.07) is 4.40. The zero-order valence-electron chi connectivity index (χ0n) is 10.4. The van der Waals surface area contributed by atoms with Crippen LogP contribution in [0.2, 0.25) is 0 Å². The molecule has 4 heteroatoms. The van der Waals surface area contributed by atoms with Gasteiger partial charge in [-0.1, -0.05) is 6.07 Å². The fourth-order valence-corrected chi connectivity index (χ4v) is 2.10. The van der Waals surface area contributed by atoms with E-state index in [1.54, 1.807) is 6.20 Å². The van der Waals surface area contributed by atoms with E-state index in [0.29, 0.717) is 11.7 Å².